The second-order valence-electron chi connectivity index (χ2n) is 10.7. The molecule has 3 atom stereocenters. The Hall–Kier alpha value is -3.19. The number of nitrogens with one attached hydrogen (secondary N) is 2. The zero-order valence-electron chi connectivity index (χ0n) is 24.0. The van der Waals surface area contributed by atoms with Gasteiger partial charge in [0, 0.05) is 50.1 Å². The van der Waals surface area contributed by atoms with Gasteiger partial charge in [-0.1, -0.05) is 45.2 Å². The van der Waals surface area contributed by atoms with Crippen molar-refractivity contribution in [3.8, 4) is 0 Å². The predicted molar refractivity (Wildman–Crippen MR) is 144 cm³/mol. The Morgan fingerprint density at radius 2 is 1.56 bits per heavy atom. The molecule has 230 valence electrons. The van der Waals surface area contributed by atoms with Crippen molar-refractivity contribution in [1.82, 2.24) is 15.1 Å². The van der Waals surface area contributed by atoms with E-state index in [2.05, 4.69) is 21.3 Å². The lowest BCUT2D eigenvalue weighted by atomic mass is 9.84. The number of halogens is 3. The van der Waals surface area contributed by atoms with Crippen LogP contribution in [-0.4, -0.2) is 85.0 Å². The summed E-state index contributed by atoms with van der Waals surface area (Å²) in [4.78, 5) is 51.1. The van der Waals surface area contributed by atoms with E-state index in [1.165, 1.54) is 19.3 Å². The Morgan fingerprint density at radius 1 is 1.02 bits per heavy atom. The van der Waals surface area contributed by atoms with Crippen molar-refractivity contribution < 1.29 is 43.2 Å². The standard InChI is InChI=1S/C26H41N5O3.C2HF3O2/c1-4-22(32)29-24(26(34)31-16-14-30(3)15-17-31)18(2)19-10-12-21(13-11-19)28-25(33)23(27)20-8-6-5-7-9-20;3-2(4,5)1(6)7/h10-13,18,20,23-24H,4-9,14-17,27H2,1-3H3,(H,28,33)(H,29,32);(H,6,7)/t18-,23-,24+;/m0./s1. The van der Waals surface area contributed by atoms with Gasteiger partial charge >= 0.3 is 6.18 Å². The number of hydrogen-bond acceptors (Lipinski definition) is 6. The van der Waals surface area contributed by atoms with Crippen molar-refractivity contribution in [2.45, 2.75) is 76.6 Å². The van der Waals surface area contributed by atoms with E-state index in [0.717, 1.165) is 37.2 Å². The lowest BCUT2D eigenvalue weighted by Gasteiger charge is -2.36. The van der Waals surface area contributed by atoms with Crippen LogP contribution in [0.1, 0.15) is 63.9 Å². The third kappa shape index (κ3) is 10.6. The van der Waals surface area contributed by atoms with Gasteiger partial charge in [0.25, 0.3) is 5.91 Å². The summed E-state index contributed by atoms with van der Waals surface area (Å²) in [5, 5.41) is 14.7. The first-order valence-corrected chi connectivity index (χ1v) is 14.0. The third-order valence-electron chi connectivity index (χ3n) is 7.71. The number of quaternary nitrogens is 1. The molecule has 1 heterocycles. The van der Waals surface area contributed by atoms with Crippen LogP contribution >= 0.6 is 0 Å². The molecule has 13 heteroatoms. The highest BCUT2D eigenvalue weighted by Gasteiger charge is 2.33. The first kappa shape index (κ1) is 34.0. The number of benzene rings is 1. The van der Waals surface area contributed by atoms with Crippen molar-refractivity contribution >= 4 is 29.4 Å². The summed E-state index contributed by atoms with van der Waals surface area (Å²) in [6, 6.07) is 6.75. The minimum absolute atomic E-state index is 0.0350. The monoisotopic (exact) mass is 585 g/mol. The maximum Gasteiger partial charge on any atom is 0.430 e. The number of rotatable bonds is 8. The maximum absolute atomic E-state index is 13.3. The molecular formula is C28H42F3N5O5. The summed E-state index contributed by atoms with van der Waals surface area (Å²) in [7, 11) is 2.05. The van der Waals surface area contributed by atoms with Crippen molar-refractivity contribution in [1.29, 1.82) is 0 Å². The van der Waals surface area contributed by atoms with E-state index in [1.54, 1.807) is 6.92 Å². The Bertz CT molecular complexity index is 1020. The molecule has 0 bridgehead atoms. The molecule has 0 spiro atoms. The van der Waals surface area contributed by atoms with E-state index in [9.17, 15) is 27.6 Å². The van der Waals surface area contributed by atoms with Gasteiger partial charge in [-0.3, -0.25) is 14.4 Å². The van der Waals surface area contributed by atoms with Crippen LogP contribution in [0.15, 0.2) is 24.3 Å². The SMILES string of the molecule is CCC(=O)N[C@@H](C(=O)N1CCN(C)CC1)[C@@H](C)c1ccc(NC(=O)[C@@H]([NH3+])C2CCCCC2)cc1.O=C([O-])C(F)(F)F. The fourth-order valence-electron chi connectivity index (χ4n) is 4.95. The van der Waals surface area contributed by atoms with Gasteiger partial charge in [-0.25, -0.2) is 0 Å². The number of piperazine rings is 1. The van der Waals surface area contributed by atoms with Gasteiger partial charge < -0.3 is 36.1 Å². The maximum atomic E-state index is 13.3. The van der Waals surface area contributed by atoms with Gasteiger partial charge in [0.15, 0.2) is 6.04 Å². The molecule has 5 N–H and O–H groups in total. The highest BCUT2D eigenvalue weighted by atomic mass is 19.4. The van der Waals surface area contributed by atoms with E-state index in [-0.39, 0.29) is 29.7 Å². The van der Waals surface area contributed by atoms with Gasteiger partial charge in [-0.05, 0) is 37.6 Å². The molecule has 1 aliphatic carbocycles. The van der Waals surface area contributed by atoms with E-state index in [4.69, 9.17) is 9.90 Å². The number of alkyl halides is 3. The van der Waals surface area contributed by atoms with Gasteiger partial charge in [-0.15, -0.1) is 0 Å². The lowest BCUT2D eigenvalue weighted by Crippen LogP contribution is -2.69. The number of hydrogen-bond donors (Lipinski definition) is 3. The molecule has 1 saturated carbocycles. The summed E-state index contributed by atoms with van der Waals surface area (Å²) < 4.78 is 31.5. The van der Waals surface area contributed by atoms with E-state index >= 15 is 0 Å². The molecule has 1 aliphatic heterocycles. The number of carbonyl (C=O) groups excluding carboxylic acids is 4. The second-order valence-corrected chi connectivity index (χ2v) is 10.7. The van der Waals surface area contributed by atoms with Crippen LogP contribution in [0.5, 0.6) is 0 Å². The normalized spacial score (nSPS) is 18.8. The van der Waals surface area contributed by atoms with Crippen LogP contribution in [0, 0.1) is 5.92 Å². The molecule has 0 aromatic heterocycles. The van der Waals surface area contributed by atoms with Crippen LogP contribution < -0.4 is 21.5 Å². The average Bonchev–Trinajstić information content (AvgIpc) is 2.95. The van der Waals surface area contributed by atoms with Crippen LogP contribution in [0.25, 0.3) is 0 Å². The number of likely N-dealkylation sites (N-methyl/N-ethyl adjacent to an activating group) is 1. The zero-order valence-corrected chi connectivity index (χ0v) is 24.0. The molecule has 1 aromatic carbocycles. The number of anilines is 1. The van der Waals surface area contributed by atoms with E-state index < -0.39 is 18.2 Å². The van der Waals surface area contributed by atoms with Crippen molar-refractivity contribution in [2.75, 3.05) is 38.5 Å². The number of aliphatic carboxylic acids is 1. The largest absolute Gasteiger partial charge is 0.542 e. The highest BCUT2D eigenvalue weighted by Crippen LogP contribution is 2.26. The summed E-state index contributed by atoms with van der Waals surface area (Å²) >= 11 is 0. The van der Waals surface area contributed by atoms with Gasteiger partial charge in [-0.2, -0.15) is 13.2 Å². The minimum Gasteiger partial charge on any atom is -0.542 e. The van der Waals surface area contributed by atoms with E-state index in [1.807, 2.05) is 43.1 Å². The first-order valence-electron chi connectivity index (χ1n) is 14.0. The molecule has 0 unspecified atom stereocenters. The molecular weight excluding hydrogens is 543 g/mol. The summed E-state index contributed by atoms with van der Waals surface area (Å²) in [6.07, 6.45) is 0.895. The molecule has 3 amide bonds. The highest BCUT2D eigenvalue weighted by molar-refractivity contribution is 5.94. The third-order valence-corrected chi connectivity index (χ3v) is 7.71. The molecule has 41 heavy (non-hydrogen) atoms. The number of carboxylic acid groups (broad SMARTS) is 1. The lowest BCUT2D eigenvalue weighted by molar-refractivity contribution is -0.416. The van der Waals surface area contributed by atoms with E-state index in [0.29, 0.717) is 25.4 Å². The predicted octanol–water partition coefficient (Wildman–Crippen LogP) is 0.887. The fourth-order valence-corrected chi connectivity index (χ4v) is 4.95. The summed E-state index contributed by atoms with van der Waals surface area (Å²) in [6.45, 7) is 6.75. The molecule has 3 rings (SSSR count). The van der Waals surface area contributed by atoms with Crippen LogP contribution in [0.3, 0.4) is 0 Å². The fraction of sp³-hybridized carbons (Fsp3) is 0.643. The summed E-state index contributed by atoms with van der Waals surface area (Å²) in [5.74, 6) is -3.05. The molecule has 2 fully saturated rings. The Balaban J connectivity index is 0.000000745. The van der Waals surface area contributed by atoms with Crippen molar-refractivity contribution in [3.05, 3.63) is 29.8 Å². The Kier molecular flexibility index (Phi) is 13.0. The van der Waals surface area contributed by atoms with Gasteiger partial charge in [0.2, 0.25) is 11.8 Å². The summed E-state index contributed by atoms with van der Waals surface area (Å²) in [5.41, 5.74) is 5.81. The number of amides is 3. The minimum atomic E-state index is -5.19. The number of nitrogens with zero attached hydrogens (tertiary/aromatic N) is 2. The van der Waals surface area contributed by atoms with Crippen LogP contribution in [0.2, 0.25) is 0 Å². The Labute approximate surface area is 238 Å². The van der Waals surface area contributed by atoms with Gasteiger partial charge in [0.05, 0.1) is 0 Å². The number of carboxylic acids is 1. The zero-order chi connectivity index (χ0) is 30.7. The van der Waals surface area contributed by atoms with Gasteiger partial charge in [0.1, 0.15) is 12.0 Å². The average molecular weight is 586 g/mol. The topological polar surface area (TPSA) is 150 Å². The molecule has 1 saturated heterocycles. The molecule has 10 nitrogen and oxygen atoms in total. The molecule has 2 aliphatic rings. The Morgan fingerprint density at radius 3 is 2.05 bits per heavy atom. The van der Waals surface area contributed by atoms with Crippen molar-refractivity contribution in [3.63, 3.8) is 0 Å². The van der Waals surface area contributed by atoms with Crippen molar-refractivity contribution in [2.24, 2.45) is 5.92 Å². The molecule has 0 radical (unpaired) electrons. The van der Waals surface area contributed by atoms with Crippen LogP contribution in [0.4, 0.5) is 18.9 Å². The smallest absolute Gasteiger partial charge is 0.430 e. The molecule has 1 aromatic rings. The first-order chi connectivity index (χ1) is 19.2. The number of carbonyl (C=O) groups is 4. The second kappa shape index (κ2) is 15.7. The van der Waals surface area contributed by atoms with Crippen LogP contribution in [-0.2, 0) is 19.2 Å². The quantitative estimate of drug-likeness (QED) is 0.413.